The highest BCUT2D eigenvalue weighted by Crippen LogP contribution is 2.32. The molecule has 100 valence electrons. The van der Waals surface area contributed by atoms with Gasteiger partial charge >= 0.3 is 0 Å². The lowest BCUT2D eigenvalue weighted by Crippen LogP contribution is -2.12. The minimum atomic E-state index is -0.224. The van der Waals surface area contributed by atoms with E-state index in [0.29, 0.717) is 10.8 Å². The molecule has 0 saturated heterocycles. The molecule has 2 rings (SSSR count). The number of nitrogens with two attached hydrogens (primary N) is 1. The van der Waals surface area contributed by atoms with Gasteiger partial charge in [-0.2, -0.15) is 0 Å². The summed E-state index contributed by atoms with van der Waals surface area (Å²) in [6.07, 6.45) is 0. The molecule has 1 unspecified atom stereocenters. The summed E-state index contributed by atoms with van der Waals surface area (Å²) in [7, 11) is 1.59. The fourth-order valence-corrected chi connectivity index (χ4v) is 2.95. The molecule has 0 heterocycles. The fourth-order valence-electron chi connectivity index (χ4n) is 1.94. The smallest absolute Gasteiger partial charge is 0.137 e. The van der Waals surface area contributed by atoms with E-state index in [0.717, 1.165) is 15.6 Å². The Hall–Kier alpha value is -1.03. The van der Waals surface area contributed by atoms with Crippen molar-refractivity contribution >= 4 is 27.5 Å². The van der Waals surface area contributed by atoms with E-state index in [9.17, 15) is 0 Å². The lowest BCUT2D eigenvalue weighted by molar-refractivity contribution is 0.415. The van der Waals surface area contributed by atoms with Crippen LogP contribution in [-0.2, 0) is 0 Å². The number of rotatable bonds is 3. The third-order valence-electron chi connectivity index (χ3n) is 3.03. The molecule has 0 aliphatic rings. The van der Waals surface area contributed by atoms with Crippen LogP contribution in [-0.4, -0.2) is 7.11 Å². The van der Waals surface area contributed by atoms with Crippen molar-refractivity contribution in [3.63, 3.8) is 0 Å². The monoisotopic (exact) mass is 339 g/mol. The molecule has 0 aromatic heterocycles. The maximum Gasteiger partial charge on any atom is 0.137 e. The van der Waals surface area contributed by atoms with Gasteiger partial charge in [0, 0.05) is 4.47 Å². The van der Waals surface area contributed by atoms with Gasteiger partial charge in [-0.25, -0.2) is 0 Å². The first-order valence-corrected chi connectivity index (χ1v) is 7.05. The van der Waals surface area contributed by atoms with Crippen LogP contribution < -0.4 is 10.5 Å². The quantitative estimate of drug-likeness (QED) is 0.895. The van der Waals surface area contributed by atoms with Crippen molar-refractivity contribution in [2.45, 2.75) is 13.0 Å². The Bertz CT molecular complexity index is 601. The van der Waals surface area contributed by atoms with Crippen molar-refractivity contribution in [3.8, 4) is 5.75 Å². The minimum absolute atomic E-state index is 0.224. The molecule has 1 atom stereocenters. The Morgan fingerprint density at radius 2 is 1.95 bits per heavy atom. The normalized spacial score (nSPS) is 12.3. The number of hydrogen-bond donors (Lipinski definition) is 1. The van der Waals surface area contributed by atoms with Crippen LogP contribution in [0.3, 0.4) is 0 Å². The van der Waals surface area contributed by atoms with Gasteiger partial charge in [-0.05, 0) is 41.8 Å². The van der Waals surface area contributed by atoms with E-state index < -0.39 is 0 Å². The zero-order valence-corrected chi connectivity index (χ0v) is 13.1. The Labute approximate surface area is 126 Å². The molecule has 2 N–H and O–H groups in total. The highest BCUT2D eigenvalue weighted by molar-refractivity contribution is 9.10. The van der Waals surface area contributed by atoms with Crippen LogP contribution in [0.4, 0.5) is 0 Å². The van der Waals surface area contributed by atoms with E-state index in [-0.39, 0.29) is 6.04 Å². The highest BCUT2D eigenvalue weighted by atomic mass is 79.9. The van der Waals surface area contributed by atoms with E-state index in [1.807, 2.05) is 37.3 Å². The van der Waals surface area contributed by atoms with Crippen molar-refractivity contribution < 1.29 is 4.74 Å². The molecule has 0 bridgehead atoms. The summed E-state index contributed by atoms with van der Waals surface area (Å²) in [5.74, 6) is 0.653. The van der Waals surface area contributed by atoms with Gasteiger partial charge in [0.1, 0.15) is 5.75 Å². The number of aryl methyl sites for hydroxylation is 1. The summed E-state index contributed by atoms with van der Waals surface area (Å²) in [5.41, 5.74) is 9.48. The molecule has 0 saturated carbocycles. The van der Waals surface area contributed by atoms with E-state index in [1.54, 1.807) is 7.11 Å². The molecular weight excluding hydrogens is 326 g/mol. The van der Waals surface area contributed by atoms with Crippen LogP contribution in [0.25, 0.3) is 0 Å². The predicted octanol–water partition coefficient (Wildman–Crippen LogP) is 4.47. The third-order valence-corrected chi connectivity index (χ3v) is 4.01. The second kappa shape index (κ2) is 5.95. The molecule has 0 fully saturated rings. The molecule has 2 aromatic carbocycles. The van der Waals surface area contributed by atoms with Crippen LogP contribution in [0.5, 0.6) is 5.75 Å². The van der Waals surface area contributed by atoms with Gasteiger partial charge in [-0.1, -0.05) is 45.7 Å². The van der Waals surface area contributed by atoms with E-state index in [1.165, 1.54) is 5.56 Å². The summed E-state index contributed by atoms with van der Waals surface area (Å²) < 4.78 is 6.15. The number of methoxy groups -OCH3 is 1. The molecule has 0 aliphatic heterocycles. The van der Waals surface area contributed by atoms with Crippen LogP contribution in [0, 0.1) is 6.92 Å². The molecular formula is C15H15BrClNO. The first-order chi connectivity index (χ1) is 9.02. The molecule has 19 heavy (non-hydrogen) atoms. The zero-order valence-electron chi connectivity index (χ0n) is 10.8. The number of benzene rings is 2. The molecule has 0 spiro atoms. The first kappa shape index (κ1) is 14.4. The van der Waals surface area contributed by atoms with Crippen molar-refractivity contribution in [3.05, 3.63) is 62.6 Å². The van der Waals surface area contributed by atoms with Gasteiger partial charge in [-0.15, -0.1) is 0 Å². The Morgan fingerprint density at radius 1 is 1.21 bits per heavy atom. The fraction of sp³-hybridized carbons (Fsp3) is 0.200. The Kier molecular flexibility index (Phi) is 4.50. The summed E-state index contributed by atoms with van der Waals surface area (Å²) in [4.78, 5) is 0. The van der Waals surface area contributed by atoms with Gasteiger partial charge < -0.3 is 10.5 Å². The van der Waals surface area contributed by atoms with Gasteiger partial charge in [0.2, 0.25) is 0 Å². The average Bonchev–Trinajstić information content (AvgIpc) is 2.38. The lowest BCUT2D eigenvalue weighted by Gasteiger charge is -2.16. The summed E-state index contributed by atoms with van der Waals surface area (Å²) in [6, 6.07) is 11.5. The molecule has 2 aromatic rings. The highest BCUT2D eigenvalue weighted by Gasteiger charge is 2.14. The van der Waals surface area contributed by atoms with Crippen LogP contribution in [0.1, 0.15) is 22.7 Å². The van der Waals surface area contributed by atoms with E-state index in [2.05, 4.69) is 22.0 Å². The van der Waals surface area contributed by atoms with Crippen molar-refractivity contribution in [2.75, 3.05) is 7.11 Å². The number of halogens is 2. The molecule has 0 amide bonds. The average molecular weight is 341 g/mol. The van der Waals surface area contributed by atoms with Crippen LogP contribution in [0.15, 0.2) is 40.9 Å². The third kappa shape index (κ3) is 3.11. The van der Waals surface area contributed by atoms with Crippen molar-refractivity contribution in [1.29, 1.82) is 0 Å². The van der Waals surface area contributed by atoms with Gasteiger partial charge in [0.05, 0.1) is 18.2 Å². The minimum Gasteiger partial charge on any atom is -0.495 e. The largest absolute Gasteiger partial charge is 0.495 e. The second-order valence-electron chi connectivity index (χ2n) is 4.40. The zero-order chi connectivity index (χ0) is 14.0. The van der Waals surface area contributed by atoms with Gasteiger partial charge in [-0.3, -0.25) is 0 Å². The number of hydrogen-bond acceptors (Lipinski definition) is 2. The molecule has 0 radical (unpaired) electrons. The second-order valence-corrected chi connectivity index (χ2v) is 5.66. The van der Waals surface area contributed by atoms with E-state index >= 15 is 0 Å². The summed E-state index contributed by atoms with van der Waals surface area (Å²) in [5, 5.41) is 0.568. The summed E-state index contributed by atoms with van der Waals surface area (Å²) >= 11 is 9.69. The van der Waals surface area contributed by atoms with Gasteiger partial charge in [0.25, 0.3) is 0 Å². The first-order valence-electron chi connectivity index (χ1n) is 5.88. The summed E-state index contributed by atoms with van der Waals surface area (Å²) in [6.45, 7) is 2.05. The maximum absolute atomic E-state index is 6.30. The number of ether oxygens (including phenoxy) is 1. The topological polar surface area (TPSA) is 35.2 Å². The predicted molar refractivity (Wildman–Crippen MR) is 82.9 cm³/mol. The van der Waals surface area contributed by atoms with E-state index in [4.69, 9.17) is 22.1 Å². The molecule has 4 heteroatoms. The Balaban J connectivity index is 2.38. The molecule has 2 nitrogen and oxygen atoms in total. The van der Waals surface area contributed by atoms with Gasteiger partial charge in [0.15, 0.2) is 0 Å². The maximum atomic E-state index is 6.30. The SMILES string of the molecule is COc1ccc(C(N)c2ccc(C)cc2Br)cc1Cl. The van der Waals surface area contributed by atoms with Crippen LogP contribution >= 0.6 is 27.5 Å². The lowest BCUT2D eigenvalue weighted by atomic mass is 9.98. The van der Waals surface area contributed by atoms with Crippen molar-refractivity contribution in [1.82, 2.24) is 0 Å². The van der Waals surface area contributed by atoms with Crippen LogP contribution in [0.2, 0.25) is 5.02 Å². The van der Waals surface area contributed by atoms with Crippen molar-refractivity contribution in [2.24, 2.45) is 5.73 Å². The standard InChI is InChI=1S/C15H15BrClNO/c1-9-3-5-11(12(16)7-9)15(18)10-4-6-14(19-2)13(17)8-10/h3-8,15H,18H2,1-2H3. The Morgan fingerprint density at radius 3 is 2.53 bits per heavy atom. The molecule has 0 aliphatic carbocycles.